The number of aromatic nitrogens is 2. The summed E-state index contributed by atoms with van der Waals surface area (Å²) in [5.74, 6) is -1.31. The van der Waals surface area contributed by atoms with Crippen molar-refractivity contribution in [3.8, 4) is 0 Å². The van der Waals surface area contributed by atoms with Gasteiger partial charge in [-0.05, 0) is 38.2 Å². The van der Waals surface area contributed by atoms with Gasteiger partial charge < -0.3 is 20.1 Å². The Morgan fingerprint density at radius 1 is 1.31 bits per heavy atom. The van der Waals surface area contributed by atoms with Crippen molar-refractivity contribution in [2.24, 2.45) is 5.41 Å². The number of rotatable bonds is 6. The van der Waals surface area contributed by atoms with Gasteiger partial charge in [0.1, 0.15) is 16.8 Å². The van der Waals surface area contributed by atoms with Crippen LogP contribution in [0, 0.1) is 12.3 Å². The highest BCUT2D eigenvalue weighted by molar-refractivity contribution is 5.94. The molecule has 1 saturated heterocycles. The normalized spacial score (nSPS) is 21.7. The largest absolute Gasteiger partial charge is 0.481 e. The maximum atomic E-state index is 12.8. The number of hydrogen-bond acceptors (Lipinski definition) is 5. The van der Waals surface area contributed by atoms with Crippen LogP contribution in [-0.2, 0) is 11.2 Å². The Morgan fingerprint density at radius 2 is 2.03 bits per heavy atom. The lowest BCUT2D eigenvalue weighted by molar-refractivity contribution is -0.162. The number of carboxylic acid groups (broad SMARTS) is 1. The zero-order chi connectivity index (χ0) is 21.0. The topological polar surface area (TPSA) is 124 Å². The number of carbonyl (C=O) groups is 2. The summed E-state index contributed by atoms with van der Waals surface area (Å²) in [5.41, 5.74) is -1.06. The van der Waals surface area contributed by atoms with E-state index in [0.29, 0.717) is 18.7 Å². The average Bonchev–Trinajstić information content (AvgIpc) is 2.69. The number of carboxylic acids is 1. The van der Waals surface area contributed by atoms with Gasteiger partial charge in [0.2, 0.25) is 0 Å². The van der Waals surface area contributed by atoms with E-state index < -0.39 is 29.0 Å². The number of carbonyl (C=O) groups excluding carboxylic acids is 1. The number of aliphatic hydroxyl groups is 1. The molecule has 0 spiro atoms. The van der Waals surface area contributed by atoms with Gasteiger partial charge in [0.15, 0.2) is 0 Å². The molecular formula is C21H25N3O5. The summed E-state index contributed by atoms with van der Waals surface area (Å²) in [5, 5.41) is 20.5. The lowest BCUT2D eigenvalue weighted by Gasteiger charge is -2.43. The number of nitrogens with one attached hydrogen (secondary N) is 1. The Labute approximate surface area is 168 Å². The number of aromatic amines is 1. The minimum Gasteiger partial charge on any atom is -0.481 e. The molecule has 0 radical (unpaired) electrons. The Hall–Kier alpha value is -3.00. The van der Waals surface area contributed by atoms with Crippen molar-refractivity contribution in [1.82, 2.24) is 14.9 Å². The van der Waals surface area contributed by atoms with Gasteiger partial charge in [-0.1, -0.05) is 30.3 Å². The first-order chi connectivity index (χ1) is 13.8. The molecule has 1 aromatic carbocycles. The number of aryl methyl sites for hydroxylation is 2. The molecule has 154 valence electrons. The lowest BCUT2D eigenvalue weighted by Crippen LogP contribution is -2.57. The number of hydrogen-bond donors (Lipinski definition) is 3. The van der Waals surface area contributed by atoms with E-state index in [9.17, 15) is 24.6 Å². The van der Waals surface area contributed by atoms with Crippen molar-refractivity contribution >= 4 is 11.9 Å². The van der Waals surface area contributed by atoms with Gasteiger partial charge in [-0.2, -0.15) is 0 Å². The van der Waals surface area contributed by atoms with Crippen LogP contribution in [0.3, 0.4) is 0 Å². The first kappa shape index (κ1) is 20.7. The summed E-state index contributed by atoms with van der Waals surface area (Å²) in [6.07, 6.45) is 1.75. The van der Waals surface area contributed by atoms with Crippen LogP contribution in [0.2, 0.25) is 0 Å². The number of likely N-dealkylation sites (tertiary alicyclic amines) is 1. The molecule has 1 amide bonds. The Kier molecular flexibility index (Phi) is 6.12. The molecule has 8 nitrogen and oxygen atoms in total. The second kappa shape index (κ2) is 8.57. The number of aliphatic carboxylic acids is 1. The van der Waals surface area contributed by atoms with Gasteiger partial charge >= 0.3 is 5.97 Å². The van der Waals surface area contributed by atoms with Gasteiger partial charge in [-0.15, -0.1) is 0 Å². The zero-order valence-corrected chi connectivity index (χ0v) is 16.3. The molecule has 3 rings (SSSR count). The number of H-pyrrole nitrogens is 1. The first-order valence-corrected chi connectivity index (χ1v) is 9.64. The van der Waals surface area contributed by atoms with Crippen LogP contribution in [0.4, 0.5) is 0 Å². The van der Waals surface area contributed by atoms with E-state index >= 15 is 0 Å². The molecule has 3 N–H and O–H groups in total. The molecule has 1 aliphatic rings. The van der Waals surface area contributed by atoms with Crippen LogP contribution >= 0.6 is 0 Å². The van der Waals surface area contributed by atoms with Gasteiger partial charge in [0, 0.05) is 19.3 Å². The number of piperidine rings is 1. The monoisotopic (exact) mass is 399 g/mol. The van der Waals surface area contributed by atoms with Crippen LogP contribution in [0.1, 0.15) is 41.0 Å². The van der Waals surface area contributed by atoms with Crippen molar-refractivity contribution in [2.45, 2.75) is 38.7 Å². The minimum atomic E-state index is -1.46. The molecule has 2 atom stereocenters. The van der Waals surface area contributed by atoms with E-state index in [1.165, 1.54) is 11.1 Å². The fourth-order valence-electron chi connectivity index (χ4n) is 3.87. The highest BCUT2D eigenvalue weighted by Gasteiger charge is 2.49. The number of benzene rings is 1. The summed E-state index contributed by atoms with van der Waals surface area (Å²) in [7, 11) is 0. The summed E-state index contributed by atoms with van der Waals surface area (Å²) in [6.45, 7) is 1.64. The highest BCUT2D eigenvalue weighted by Crippen LogP contribution is 2.36. The Balaban J connectivity index is 1.78. The van der Waals surface area contributed by atoms with Crippen LogP contribution in [-0.4, -0.2) is 56.2 Å². The maximum absolute atomic E-state index is 12.8. The van der Waals surface area contributed by atoms with Crippen molar-refractivity contribution < 1.29 is 19.8 Å². The smallest absolute Gasteiger partial charge is 0.314 e. The fourth-order valence-corrected chi connectivity index (χ4v) is 3.87. The summed E-state index contributed by atoms with van der Waals surface area (Å²) in [4.78, 5) is 44.9. The highest BCUT2D eigenvalue weighted by atomic mass is 16.4. The van der Waals surface area contributed by atoms with Crippen molar-refractivity contribution in [1.29, 1.82) is 0 Å². The van der Waals surface area contributed by atoms with E-state index in [2.05, 4.69) is 9.97 Å². The van der Waals surface area contributed by atoms with E-state index in [-0.39, 0.29) is 31.5 Å². The van der Waals surface area contributed by atoms with Crippen LogP contribution in [0.25, 0.3) is 0 Å². The molecule has 0 bridgehead atoms. The Morgan fingerprint density at radius 3 is 2.69 bits per heavy atom. The molecule has 1 aliphatic heterocycles. The maximum Gasteiger partial charge on any atom is 0.314 e. The van der Waals surface area contributed by atoms with Crippen LogP contribution in [0.15, 0.2) is 41.3 Å². The van der Waals surface area contributed by atoms with E-state index in [1.54, 1.807) is 6.92 Å². The van der Waals surface area contributed by atoms with Gasteiger partial charge in [-0.3, -0.25) is 14.4 Å². The number of amides is 1. The molecule has 8 heteroatoms. The summed E-state index contributed by atoms with van der Waals surface area (Å²) >= 11 is 0. The van der Waals surface area contributed by atoms with Gasteiger partial charge in [0.25, 0.3) is 11.5 Å². The number of nitrogens with zero attached hydrogens (tertiary/aromatic N) is 2. The third-order valence-corrected chi connectivity index (χ3v) is 5.58. The third-order valence-electron chi connectivity index (χ3n) is 5.58. The zero-order valence-electron chi connectivity index (χ0n) is 16.3. The predicted octanol–water partition coefficient (Wildman–Crippen LogP) is 1.38. The second-order valence-electron chi connectivity index (χ2n) is 7.54. The van der Waals surface area contributed by atoms with Crippen LogP contribution in [0.5, 0.6) is 0 Å². The summed E-state index contributed by atoms with van der Waals surface area (Å²) < 4.78 is 0. The van der Waals surface area contributed by atoms with Crippen molar-refractivity contribution in [3.63, 3.8) is 0 Å². The fraction of sp³-hybridized carbons (Fsp3) is 0.429. The number of aliphatic hydroxyl groups excluding tert-OH is 1. The molecular weight excluding hydrogens is 374 g/mol. The molecule has 29 heavy (non-hydrogen) atoms. The molecule has 0 unspecified atom stereocenters. The molecule has 2 aromatic rings. The predicted molar refractivity (Wildman–Crippen MR) is 106 cm³/mol. The first-order valence-electron chi connectivity index (χ1n) is 9.64. The van der Waals surface area contributed by atoms with Gasteiger partial charge in [-0.25, -0.2) is 4.98 Å². The van der Waals surface area contributed by atoms with Crippen LogP contribution < -0.4 is 5.56 Å². The van der Waals surface area contributed by atoms with Crippen molar-refractivity contribution in [2.75, 3.05) is 13.1 Å². The second-order valence-corrected chi connectivity index (χ2v) is 7.54. The third kappa shape index (κ3) is 4.37. The minimum absolute atomic E-state index is 0.129. The molecule has 0 saturated carbocycles. The molecule has 1 aromatic heterocycles. The lowest BCUT2D eigenvalue weighted by atomic mass is 9.73. The van der Waals surface area contributed by atoms with Gasteiger partial charge in [0.05, 0.1) is 6.10 Å². The van der Waals surface area contributed by atoms with Crippen molar-refractivity contribution in [3.05, 3.63) is 63.8 Å². The van der Waals surface area contributed by atoms with E-state index in [1.807, 2.05) is 30.3 Å². The average molecular weight is 399 g/mol. The summed E-state index contributed by atoms with van der Waals surface area (Å²) in [6, 6.07) is 9.70. The van der Waals surface area contributed by atoms with E-state index in [0.717, 1.165) is 5.56 Å². The van der Waals surface area contributed by atoms with E-state index in [4.69, 9.17) is 0 Å². The molecule has 0 aliphatic carbocycles. The Bertz CT molecular complexity index is 943. The SMILES string of the molecule is Cc1ncc(C(=O)N2CC[C@@H](O)[C@](CCCc3ccccc3)(C(=O)O)C2)c(=O)[nH]1. The molecule has 2 heterocycles. The quantitative estimate of drug-likeness (QED) is 0.674. The molecule has 1 fully saturated rings. The standard InChI is InChI=1S/C21H25N3O5/c1-14-22-12-16(18(26)23-14)19(27)24-11-9-17(25)21(13-24,20(28)29)10-5-8-15-6-3-2-4-7-15/h2-4,6-7,12,17,25H,5,8-11,13H2,1H3,(H,28,29)(H,22,23,26)/t17-,21-/m1/s1.